The van der Waals surface area contributed by atoms with E-state index in [1.807, 2.05) is 24.3 Å². The molecule has 0 saturated carbocycles. The van der Waals surface area contributed by atoms with Crippen LogP contribution in [0.25, 0.3) is 0 Å². The minimum absolute atomic E-state index is 0.674. The van der Waals surface area contributed by atoms with Gasteiger partial charge in [0.05, 0.1) is 6.61 Å². The van der Waals surface area contributed by atoms with E-state index >= 15 is 0 Å². The highest BCUT2D eigenvalue weighted by molar-refractivity contribution is 5.46. The summed E-state index contributed by atoms with van der Waals surface area (Å²) in [6.07, 6.45) is 4.77. The van der Waals surface area contributed by atoms with Crippen molar-refractivity contribution in [3.05, 3.63) is 59.4 Å². The minimum Gasteiger partial charge on any atom is -0.493 e. The number of fused-ring (bicyclic) bond motifs is 1. The zero-order chi connectivity index (χ0) is 12.4. The van der Waals surface area contributed by atoms with E-state index in [4.69, 9.17) is 4.74 Å². The van der Waals surface area contributed by atoms with Crippen LogP contribution in [0.3, 0.4) is 0 Å². The monoisotopic (exact) mass is 241 g/mol. The number of pyridine rings is 1. The quantitative estimate of drug-likeness (QED) is 0.878. The summed E-state index contributed by atoms with van der Waals surface area (Å²) < 4.78 is 5.72. The van der Waals surface area contributed by atoms with Crippen molar-refractivity contribution in [1.29, 1.82) is 0 Å². The van der Waals surface area contributed by atoms with Crippen molar-refractivity contribution in [3.8, 4) is 5.75 Å². The van der Waals surface area contributed by atoms with E-state index in [-0.39, 0.29) is 0 Å². The number of para-hydroxylation sites is 1. The molecular weight excluding hydrogens is 226 g/mol. The van der Waals surface area contributed by atoms with Crippen LogP contribution in [0.2, 0.25) is 0 Å². The number of aliphatic hydroxyl groups excluding tert-OH is 1. The van der Waals surface area contributed by atoms with E-state index in [1.54, 1.807) is 12.4 Å². The van der Waals surface area contributed by atoms with E-state index in [2.05, 4.69) is 11.1 Å². The van der Waals surface area contributed by atoms with E-state index in [0.717, 1.165) is 36.3 Å². The van der Waals surface area contributed by atoms with Gasteiger partial charge in [-0.05, 0) is 24.5 Å². The number of nitrogens with zero attached hydrogens (tertiary/aromatic N) is 1. The first-order valence-electron chi connectivity index (χ1n) is 6.19. The lowest BCUT2D eigenvalue weighted by molar-refractivity contribution is 0.206. The molecule has 1 aliphatic heterocycles. The number of rotatable bonds is 2. The van der Waals surface area contributed by atoms with Gasteiger partial charge in [0.25, 0.3) is 0 Å². The lowest BCUT2D eigenvalue weighted by Gasteiger charge is -2.22. The summed E-state index contributed by atoms with van der Waals surface area (Å²) in [5.74, 6) is 0.847. The van der Waals surface area contributed by atoms with Gasteiger partial charge in [-0.3, -0.25) is 4.98 Å². The van der Waals surface area contributed by atoms with Crippen LogP contribution in [-0.4, -0.2) is 16.7 Å². The molecule has 0 fully saturated rings. The summed E-state index contributed by atoms with van der Waals surface area (Å²) in [5.41, 5.74) is 2.81. The Morgan fingerprint density at radius 2 is 2.17 bits per heavy atom. The predicted molar refractivity (Wildman–Crippen MR) is 68.6 cm³/mol. The molecule has 0 bridgehead atoms. The maximum Gasteiger partial charge on any atom is 0.128 e. The molecule has 3 nitrogen and oxygen atoms in total. The van der Waals surface area contributed by atoms with Gasteiger partial charge in [0.2, 0.25) is 0 Å². The van der Waals surface area contributed by atoms with Gasteiger partial charge in [-0.1, -0.05) is 24.3 Å². The lowest BCUT2D eigenvalue weighted by atomic mass is 9.96. The summed E-state index contributed by atoms with van der Waals surface area (Å²) in [5, 5.41) is 10.4. The van der Waals surface area contributed by atoms with Crippen molar-refractivity contribution < 1.29 is 9.84 Å². The Labute approximate surface area is 106 Å². The van der Waals surface area contributed by atoms with Crippen molar-refractivity contribution in [2.45, 2.75) is 18.9 Å². The smallest absolute Gasteiger partial charge is 0.128 e. The van der Waals surface area contributed by atoms with Crippen molar-refractivity contribution in [1.82, 2.24) is 4.98 Å². The third-order valence-electron chi connectivity index (χ3n) is 3.26. The zero-order valence-electron chi connectivity index (χ0n) is 10.0. The molecule has 0 spiro atoms. The zero-order valence-corrected chi connectivity index (χ0v) is 10.0. The average molecular weight is 241 g/mol. The number of aryl methyl sites for hydroxylation is 1. The van der Waals surface area contributed by atoms with E-state index in [1.165, 1.54) is 5.56 Å². The van der Waals surface area contributed by atoms with Crippen LogP contribution in [0, 0.1) is 0 Å². The summed E-state index contributed by atoms with van der Waals surface area (Å²) in [7, 11) is 0. The Bertz CT molecular complexity index is 539. The van der Waals surface area contributed by atoms with Crippen LogP contribution in [-0.2, 0) is 6.42 Å². The number of hydrogen-bond acceptors (Lipinski definition) is 3. The number of ether oxygens (including phenoxy) is 1. The molecule has 0 saturated heterocycles. The highest BCUT2D eigenvalue weighted by Crippen LogP contribution is 2.35. The number of hydrogen-bond donors (Lipinski definition) is 1. The molecule has 1 aromatic carbocycles. The fourth-order valence-electron chi connectivity index (χ4n) is 2.35. The molecule has 18 heavy (non-hydrogen) atoms. The molecule has 3 rings (SSSR count). The molecule has 1 atom stereocenters. The van der Waals surface area contributed by atoms with Crippen molar-refractivity contribution >= 4 is 0 Å². The fourth-order valence-corrected chi connectivity index (χ4v) is 2.35. The molecule has 0 aliphatic carbocycles. The molecule has 92 valence electrons. The lowest BCUT2D eigenvalue weighted by Crippen LogP contribution is -2.12. The van der Waals surface area contributed by atoms with Gasteiger partial charge in [-0.15, -0.1) is 0 Å². The van der Waals surface area contributed by atoms with E-state index in [9.17, 15) is 5.11 Å². The molecule has 1 unspecified atom stereocenters. The van der Waals surface area contributed by atoms with Gasteiger partial charge in [-0.2, -0.15) is 0 Å². The Morgan fingerprint density at radius 3 is 3.00 bits per heavy atom. The van der Waals surface area contributed by atoms with Crippen molar-refractivity contribution in [2.24, 2.45) is 0 Å². The Balaban J connectivity index is 2.02. The molecule has 3 heteroatoms. The Hall–Kier alpha value is -1.87. The third kappa shape index (κ3) is 1.97. The summed E-state index contributed by atoms with van der Waals surface area (Å²) in [4.78, 5) is 4.04. The van der Waals surface area contributed by atoms with Crippen LogP contribution in [0.1, 0.15) is 29.2 Å². The average Bonchev–Trinajstić information content (AvgIpc) is 2.47. The van der Waals surface area contributed by atoms with Gasteiger partial charge in [-0.25, -0.2) is 0 Å². The van der Waals surface area contributed by atoms with Crippen LogP contribution >= 0.6 is 0 Å². The summed E-state index contributed by atoms with van der Waals surface area (Å²) in [6, 6.07) is 9.66. The van der Waals surface area contributed by atoms with Gasteiger partial charge in [0.1, 0.15) is 11.9 Å². The second-order valence-electron chi connectivity index (χ2n) is 4.48. The van der Waals surface area contributed by atoms with E-state index in [0.29, 0.717) is 0 Å². The maximum absolute atomic E-state index is 10.4. The first-order chi connectivity index (χ1) is 8.86. The number of aromatic nitrogens is 1. The largest absolute Gasteiger partial charge is 0.493 e. The van der Waals surface area contributed by atoms with Gasteiger partial charge >= 0.3 is 0 Å². The number of benzene rings is 1. The molecule has 2 heterocycles. The minimum atomic E-state index is -0.674. The van der Waals surface area contributed by atoms with Crippen LogP contribution in [0.5, 0.6) is 5.75 Å². The Morgan fingerprint density at radius 1 is 1.22 bits per heavy atom. The Kier molecular flexibility index (Phi) is 2.99. The maximum atomic E-state index is 10.4. The molecule has 1 aliphatic rings. The van der Waals surface area contributed by atoms with Gasteiger partial charge < -0.3 is 9.84 Å². The summed E-state index contributed by atoms with van der Waals surface area (Å²) >= 11 is 0. The summed E-state index contributed by atoms with van der Waals surface area (Å²) in [6.45, 7) is 0.726. The van der Waals surface area contributed by atoms with Crippen LogP contribution in [0.4, 0.5) is 0 Å². The van der Waals surface area contributed by atoms with Crippen molar-refractivity contribution in [2.75, 3.05) is 6.61 Å². The topological polar surface area (TPSA) is 42.4 Å². The molecule has 0 radical (unpaired) electrons. The van der Waals surface area contributed by atoms with Crippen LogP contribution in [0.15, 0.2) is 42.7 Å². The first-order valence-corrected chi connectivity index (χ1v) is 6.19. The predicted octanol–water partition coefficient (Wildman–Crippen LogP) is 2.49. The highest BCUT2D eigenvalue weighted by atomic mass is 16.5. The van der Waals surface area contributed by atoms with Gasteiger partial charge in [0.15, 0.2) is 0 Å². The van der Waals surface area contributed by atoms with Gasteiger partial charge in [0, 0.05) is 23.5 Å². The van der Waals surface area contributed by atoms with Crippen molar-refractivity contribution in [3.63, 3.8) is 0 Å². The highest BCUT2D eigenvalue weighted by Gasteiger charge is 2.20. The molecular formula is C15H15NO2. The second kappa shape index (κ2) is 4.78. The second-order valence-corrected chi connectivity index (χ2v) is 4.48. The normalized spacial score (nSPS) is 15.6. The first kappa shape index (κ1) is 11.2. The fraction of sp³-hybridized carbons (Fsp3) is 0.267. The number of aliphatic hydroxyl groups is 1. The van der Waals surface area contributed by atoms with Crippen LogP contribution < -0.4 is 4.74 Å². The molecule has 0 amide bonds. The third-order valence-corrected chi connectivity index (χ3v) is 3.26. The van der Waals surface area contributed by atoms with E-state index < -0.39 is 6.10 Å². The SMILES string of the molecule is OC(c1cccnc1)c1cccc2c1OCCC2. The molecule has 1 N–H and O–H groups in total. The molecule has 2 aromatic rings. The molecule has 1 aromatic heterocycles. The standard InChI is InChI=1S/C15H15NO2/c17-14(12-5-2-8-16-10-12)13-7-1-4-11-6-3-9-18-15(11)13/h1-2,4-5,7-8,10,14,17H,3,6,9H2.